The van der Waals surface area contributed by atoms with Crippen LogP contribution in [0.15, 0.2) is 47.4 Å². The molecular formula is C17H13NO3S2. The van der Waals surface area contributed by atoms with Crippen LogP contribution < -0.4 is 0 Å². The SMILES string of the molecule is C[C@@H](C(=O)O)N1C(=O)/C(=C/c2cccc3ccccc23)SC1=S. The molecule has 1 fully saturated rings. The van der Waals surface area contributed by atoms with Gasteiger partial charge in [-0.15, -0.1) is 0 Å². The summed E-state index contributed by atoms with van der Waals surface area (Å²) in [5.41, 5.74) is 0.909. The molecule has 1 N–H and O–H groups in total. The summed E-state index contributed by atoms with van der Waals surface area (Å²) in [4.78, 5) is 25.2. The van der Waals surface area contributed by atoms with E-state index in [9.17, 15) is 9.59 Å². The molecule has 3 rings (SSSR count). The van der Waals surface area contributed by atoms with Crippen LogP contribution in [-0.4, -0.2) is 32.2 Å². The molecule has 1 saturated heterocycles. The van der Waals surface area contributed by atoms with Crippen molar-refractivity contribution in [3.63, 3.8) is 0 Å². The summed E-state index contributed by atoms with van der Waals surface area (Å²) in [6, 6.07) is 12.8. The molecule has 1 aliphatic rings. The summed E-state index contributed by atoms with van der Waals surface area (Å²) in [5, 5.41) is 11.2. The Morgan fingerprint density at radius 3 is 2.70 bits per heavy atom. The minimum Gasteiger partial charge on any atom is -0.480 e. The topological polar surface area (TPSA) is 57.6 Å². The highest BCUT2D eigenvalue weighted by Gasteiger charge is 2.38. The molecule has 0 bridgehead atoms. The van der Waals surface area contributed by atoms with Crippen LogP contribution in [0.1, 0.15) is 12.5 Å². The zero-order valence-electron chi connectivity index (χ0n) is 12.2. The van der Waals surface area contributed by atoms with Crippen molar-refractivity contribution in [2.24, 2.45) is 0 Å². The van der Waals surface area contributed by atoms with Crippen LogP contribution in [0.5, 0.6) is 0 Å². The van der Waals surface area contributed by atoms with E-state index in [2.05, 4.69) is 0 Å². The number of amides is 1. The summed E-state index contributed by atoms with van der Waals surface area (Å²) in [6.45, 7) is 1.45. The smallest absolute Gasteiger partial charge is 0.326 e. The number of thiocarbonyl (C=S) groups is 1. The van der Waals surface area contributed by atoms with Gasteiger partial charge in [-0.2, -0.15) is 0 Å². The van der Waals surface area contributed by atoms with E-state index in [1.165, 1.54) is 6.92 Å². The van der Waals surface area contributed by atoms with Crippen LogP contribution in [0.3, 0.4) is 0 Å². The largest absolute Gasteiger partial charge is 0.480 e. The lowest BCUT2D eigenvalue weighted by molar-refractivity contribution is -0.144. The number of rotatable bonds is 3. The minimum atomic E-state index is -1.08. The van der Waals surface area contributed by atoms with Crippen molar-refractivity contribution >= 4 is 57.0 Å². The fraction of sp³-hybridized carbons (Fsp3) is 0.118. The van der Waals surface area contributed by atoms with Gasteiger partial charge in [-0.1, -0.05) is 66.4 Å². The van der Waals surface area contributed by atoms with Gasteiger partial charge in [0.05, 0.1) is 4.91 Å². The first-order valence-corrected chi connectivity index (χ1v) is 8.19. The molecule has 2 aromatic carbocycles. The third-order valence-corrected chi connectivity index (χ3v) is 5.01. The summed E-state index contributed by atoms with van der Waals surface area (Å²) in [5.74, 6) is -1.43. The molecule has 1 atom stereocenters. The number of carbonyl (C=O) groups is 2. The number of carboxylic acid groups (broad SMARTS) is 1. The number of carbonyl (C=O) groups excluding carboxylic acids is 1. The molecule has 0 spiro atoms. The number of nitrogens with zero attached hydrogens (tertiary/aromatic N) is 1. The molecule has 0 unspecified atom stereocenters. The quantitative estimate of drug-likeness (QED) is 0.683. The molecule has 0 aliphatic carbocycles. The van der Waals surface area contributed by atoms with Gasteiger partial charge in [-0.05, 0) is 29.3 Å². The molecule has 6 heteroatoms. The molecule has 2 aromatic rings. The Hall–Kier alpha value is -2.18. The first-order chi connectivity index (χ1) is 11.0. The van der Waals surface area contributed by atoms with Crippen molar-refractivity contribution in [2.75, 3.05) is 0 Å². The summed E-state index contributed by atoms with van der Waals surface area (Å²) in [6.07, 6.45) is 1.77. The van der Waals surface area contributed by atoms with Gasteiger partial charge in [0, 0.05) is 0 Å². The summed E-state index contributed by atoms with van der Waals surface area (Å²) in [7, 11) is 0. The standard InChI is InChI=1S/C17H13NO3S2/c1-10(16(20)21)18-15(19)14(23-17(18)22)9-12-7-4-6-11-5-2-3-8-13(11)12/h2-10H,1H3,(H,20,21)/b14-9-/t10-/m0/s1. The maximum atomic E-state index is 12.5. The van der Waals surface area contributed by atoms with Gasteiger partial charge < -0.3 is 5.11 Å². The lowest BCUT2D eigenvalue weighted by Crippen LogP contribution is -2.41. The van der Waals surface area contributed by atoms with E-state index in [0.29, 0.717) is 4.91 Å². The lowest BCUT2D eigenvalue weighted by atomic mass is 10.0. The average molecular weight is 343 g/mol. The number of hydrogen-bond donors (Lipinski definition) is 1. The average Bonchev–Trinajstić information content (AvgIpc) is 2.81. The Morgan fingerprint density at radius 1 is 1.26 bits per heavy atom. The third kappa shape index (κ3) is 2.87. The van der Waals surface area contributed by atoms with E-state index in [1.807, 2.05) is 42.5 Å². The minimum absolute atomic E-state index is 0.274. The Morgan fingerprint density at radius 2 is 1.96 bits per heavy atom. The molecule has 1 heterocycles. The van der Waals surface area contributed by atoms with Crippen molar-refractivity contribution in [2.45, 2.75) is 13.0 Å². The van der Waals surface area contributed by atoms with Gasteiger partial charge in [0.2, 0.25) is 0 Å². The van der Waals surface area contributed by atoms with Crippen LogP contribution in [0.4, 0.5) is 0 Å². The zero-order chi connectivity index (χ0) is 16.6. The van der Waals surface area contributed by atoms with Crippen molar-refractivity contribution in [3.8, 4) is 0 Å². The second kappa shape index (κ2) is 6.14. The van der Waals surface area contributed by atoms with Crippen LogP contribution in [-0.2, 0) is 9.59 Å². The predicted octanol–water partition coefficient (Wildman–Crippen LogP) is 3.51. The highest BCUT2D eigenvalue weighted by atomic mass is 32.2. The highest BCUT2D eigenvalue weighted by Crippen LogP contribution is 2.35. The van der Waals surface area contributed by atoms with Gasteiger partial charge >= 0.3 is 5.97 Å². The zero-order valence-corrected chi connectivity index (χ0v) is 13.9. The fourth-order valence-corrected chi connectivity index (χ4v) is 3.85. The number of thioether (sulfide) groups is 1. The van der Waals surface area contributed by atoms with Gasteiger partial charge in [0.15, 0.2) is 0 Å². The molecule has 116 valence electrons. The van der Waals surface area contributed by atoms with Crippen LogP contribution in [0.25, 0.3) is 16.8 Å². The molecule has 1 aliphatic heterocycles. The molecular weight excluding hydrogens is 330 g/mol. The molecule has 0 radical (unpaired) electrons. The van der Waals surface area contributed by atoms with Gasteiger partial charge in [0.25, 0.3) is 5.91 Å². The van der Waals surface area contributed by atoms with Crippen molar-refractivity contribution in [1.82, 2.24) is 4.90 Å². The van der Waals surface area contributed by atoms with Crippen molar-refractivity contribution < 1.29 is 14.7 Å². The monoisotopic (exact) mass is 343 g/mol. The number of benzene rings is 2. The van der Waals surface area contributed by atoms with E-state index in [-0.39, 0.29) is 10.2 Å². The second-order valence-electron chi connectivity index (χ2n) is 5.13. The van der Waals surface area contributed by atoms with Crippen molar-refractivity contribution in [3.05, 3.63) is 52.9 Å². The Bertz CT molecular complexity index is 855. The molecule has 1 amide bonds. The van der Waals surface area contributed by atoms with Gasteiger partial charge in [0.1, 0.15) is 10.4 Å². The third-order valence-electron chi connectivity index (χ3n) is 3.68. The van der Waals surface area contributed by atoms with Crippen LogP contribution >= 0.6 is 24.0 Å². The maximum Gasteiger partial charge on any atom is 0.326 e. The molecule has 0 saturated carbocycles. The normalized spacial score (nSPS) is 18.0. The van der Waals surface area contributed by atoms with E-state index in [1.54, 1.807) is 6.08 Å². The highest BCUT2D eigenvalue weighted by molar-refractivity contribution is 8.26. The number of fused-ring (bicyclic) bond motifs is 1. The van der Waals surface area contributed by atoms with E-state index >= 15 is 0 Å². The van der Waals surface area contributed by atoms with E-state index < -0.39 is 12.0 Å². The lowest BCUT2D eigenvalue weighted by Gasteiger charge is -2.18. The first-order valence-electron chi connectivity index (χ1n) is 6.96. The van der Waals surface area contributed by atoms with Crippen molar-refractivity contribution in [1.29, 1.82) is 0 Å². The van der Waals surface area contributed by atoms with E-state index in [4.69, 9.17) is 17.3 Å². The maximum absolute atomic E-state index is 12.5. The Kier molecular flexibility index (Phi) is 4.19. The Balaban J connectivity index is 2.02. The first kappa shape index (κ1) is 15.7. The predicted molar refractivity (Wildman–Crippen MR) is 96.1 cm³/mol. The van der Waals surface area contributed by atoms with Gasteiger partial charge in [-0.3, -0.25) is 9.69 Å². The number of carboxylic acids is 1. The second-order valence-corrected chi connectivity index (χ2v) is 6.81. The molecule has 0 aromatic heterocycles. The molecule has 23 heavy (non-hydrogen) atoms. The fourth-order valence-electron chi connectivity index (χ4n) is 2.44. The van der Waals surface area contributed by atoms with Crippen LogP contribution in [0, 0.1) is 0 Å². The number of hydrogen-bond acceptors (Lipinski definition) is 4. The summed E-state index contributed by atoms with van der Waals surface area (Å²) < 4.78 is 0.274. The van der Waals surface area contributed by atoms with Crippen LogP contribution in [0.2, 0.25) is 0 Å². The number of aliphatic carboxylic acids is 1. The van der Waals surface area contributed by atoms with E-state index in [0.717, 1.165) is 33.0 Å². The van der Waals surface area contributed by atoms with Gasteiger partial charge in [-0.25, -0.2) is 4.79 Å². The Labute approximate surface area is 142 Å². The molecule has 4 nitrogen and oxygen atoms in total. The summed E-state index contributed by atoms with van der Waals surface area (Å²) >= 11 is 6.30.